The summed E-state index contributed by atoms with van der Waals surface area (Å²) in [5.74, 6) is 0.765. The van der Waals surface area contributed by atoms with Crippen LogP contribution in [0.5, 0.6) is 0 Å². The lowest BCUT2D eigenvalue weighted by atomic mass is 10.1. The maximum Gasteiger partial charge on any atom is 0.297 e. The fraction of sp³-hybridized carbons (Fsp3) is 0.250. The molecule has 0 spiro atoms. The van der Waals surface area contributed by atoms with Gasteiger partial charge in [-0.2, -0.15) is 9.97 Å². The van der Waals surface area contributed by atoms with Crippen molar-refractivity contribution in [2.24, 2.45) is 0 Å². The molecule has 1 N–H and O–H groups in total. The molecule has 0 unspecified atom stereocenters. The molecule has 0 bridgehead atoms. The molecule has 0 aliphatic carbocycles. The Morgan fingerprint density at radius 3 is 2.64 bits per heavy atom. The number of nitrogens with zero attached hydrogens (tertiary/aromatic N) is 4. The van der Waals surface area contributed by atoms with Crippen LogP contribution >= 0.6 is 0 Å². The van der Waals surface area contributed by atoms with Gasteiger partial charge in [-0.1, -0.05) is 17.3 Å². The van der Waals surface area contributed by atoms with Gasteiger partial charge in [-0.25, -0.2) is 4.39 Å². The molecule has 28 heavy (non-hydrogen) atoms. The summed E-state index contributed by atoms with van der Waals surface area (Å²) in [6, 6.07) is 12.3. The minimum Gasteiger partial charge on any atom is -0.423 e. The fourth-order valence-corrected chi connectivity index (χ4v) is 2.81. The Kier molecular flexibility index (Phi) is 4.68. The third-order valence-electron chi connectivity index (χ3n) is 4.27. The standard InChI is InChI=1S/C20H20FN5O2/c1-12(19-24-18(25-28-19)10-13-4-6-14(21)7-5-13)22-15-8-9-17-16(11-15)23-20(27-17)26(2)3/h4-9,11-12,22H,10H2,1-3H3/t12-/m0/s1. The first-order valence-electron chi connectivity index (χ1n) is 8.89. The third kappa shape index (κ3) is 3.80. The molecule has 0 saturated heterocycles. The van der Waals surface area contributed by atoms with Crippen LogP contribution in [-0.4, -0.2) is 29.2 Å². The van der Waals surface area contributed by atoms with Crippen molar-refractivity contribution in [2.75, 3.05) is 24.3 Å². The van der Waals surface area contributed by atoms with E-state index in [1.165, 1.54) is 12.1 Å². The SMILES string of the molecule is C[C@H](Nc1ccc2oc(N(C)C)nc2c1)c1nc(Cc2ccc(F)cc2)no1. The number of benzene rings is 2. The number of fused-ring (bicyclic) bond motifs is 1. The lowest BCUT2D eigenvalue weighted by Crippen LogP contribution is -2.08. The number of hydrogen-bond acceptors (Lipinski definition) is 7. The lowest BCUT2D eigenvalue weighted by Gasteiger charge is -2.10. The highest BCUT2D eigenvalue weighted by Gasteiger charge is 2.16. The van der Waals surface area contributed by atoms with Gasteiger partial charge in [-0.15, -0.1) is 0 Å². The first-order chi connectivity index (χ1) is 13.5. The highest BCUT2D eigenvalue weighted by Crippen LogP contribution is 2.26. The second-order valence-corrected chi connectivity index (χ2v) is 6.79. The number of hydrogen-bond donors (Lipinski definition) is 1. The van der Waals surface area contributed by atoms with Gasteiger partial charge in [0.15, 0.2) is 11.4 Å². The Balaban J connectivity index is 1.46. The summed E-state index contributed by atoms with van der Waals surface area (Å²) in [5.41, 5.74) is 3.28. The highest BCUT2D eigenvalue weighted by molar-refractivity contribution is 5.79. The molecule has 0 saturated carbocycles. The van der Waals surface area contributed by atoms with Gasteiger partial charge in [0.2, 0.25) is 5.89 Å². The molecule has 144 valence electrons. The molecule has 1 atom stereocenters. The first-order valence-corrected chi connectivity index (χ1v) is 8.89. The van der Waals surface area contributed by atoms with E-state index in [2.05, 4.69) is 20.4 Å². The summed E-state index contributed by atoms with van der Waals surface area (Å²) >= 11 is 0. The van der Waals surface area contributed by atoms with Gasteiger partial charge < -0.3 is 19.2 Å². The van der Waals surface area contributed by atoms with Crippen molar-refractivity contribution in [3.63, 3.8) is 0 Å². The van der Waals surface area contributed by atoms with Crippen LogP contribution in [0.15, 0.2) is 51.4 Å². The van der Waals surface area contributed by atoms with Gasteiger partial charge >= 0.3 is 0 Å². The first kappa shape index (κ1) is 18.0. The molecule has 2 heterocycles. The largest absolute Gasteiger partial charge is 0.423 e. The van der Waals surface area contributed by atoms with Crippen molar-refractivity contribution in [2.45, 2.75) is 19.4 Å². The maximum atomic E-state index is 13.0. The third-order valence-corrected chi connectivity index (χ3v) is 4.27. The van der Waals surface area contributed by atoms with Crippen LogP contribution in [-0.2, 0) is 6.42 Å². The van der Waals surface area contributed by atoms with Crippen LogP contribution in [0.25, 0.3) is 11.1 Å². The van der Waals surface area contributed by atoms with E-state index in [9.17, 15) is 4.39 Å². The van der Waals surface area contributed by atoms with Crippen LogP contribution < -0.4 is 10.2 Å². The van der Waals surface area contributed by atoms with Crippen molar-refractivity contribution in [1.82, 2.24) is 15.1 Å². The molecule has 8 heteroatoms. The molecule has 4 rings (SSSR count). The number of anilines is 2. The molecule has 2 aromatic carbocycles. The smallest absolute Gasteiger partial charge is 0.297 e. The molecule has 2 aromatic heterocycles. The minimum absolute atomic E-state index is 0.188. The molecule has 7 nitrogen and oxygen atoms in total. The number of halogens is 1. The van der Waals surface area contributed by atoms with Gasteiger partial charge in [-0.05, 0) is 42.8 Å². The summed E-state index contributed by atoms with van der Waals surface area (Å²) in [4.78, 5) is 10.7. The van der Waals surface area contributed by atoms with Crippen LogP contribution in [0.4, 0.5) is 16.1 Å². The topological polar surface area (TPSA) is 80.2 Å². The van der Waals surface area contributed by atoms with E-state index in [1.54, 1.807) is 12.1 Å². The predicted octanol–water partition coefficient (Wildman–Crippen LogP) is 4.18. The van der Waals surface area contributed by atoms with Gasteiger partial charge in [0.05, 0.1) is 0 Å². The quantitative estimate of drug-likeness (QED) is 0.537. The van der Waals surface area contributed by atoms with Crippen molar-refractivity contribution in [1.29, 1.82) is 0 Å². The van der Waals surface area contributed by atoms with Gasteiger partial charge in [0.1, 0.15) is 17.4 Å². The molecule has 0 aliphatic heterocycles. The number of rotatable bonds is 6. The molecule has 0 radical (unpaired) electrons. The summed E-state index contributed by atoms with van der Waals surface area (Å²) < 4.78 is 24.1. The Morgan fingerprint density at radius 1 is 1.11 bits per heavy atom. The molecule has 0 fully saturated rings. The molecule has 0 amide bonds. The van der Waals surface area contributed by atoms with Gasteiger partial charge in [0.25, 0.3) is 6.01 Å². The summed E-state index contributed by atoms with van der Waals surface area (Å²) in [5, 5.41) is 7.35. The van der Waals surface area contributed by atoms with E-state index in [1.807, 2.05) is 44.1 Å². The van der Waals surface area contributed by atoms with Gasteiger partial charge in [0, 0.05) is 26.2 Å². The van der Waals surface area contributed by atoms with Crippen molar-refractivity contribution in [3.05, 3.63) is 65.6 Å². The molecule has 0 aliphatic rings. The van der Waals surface area contributed by atoms with E-state index < -0.39 is 0 Å². The Bertz CT molecular complexity index is 1090. The average molecular weight is 381 g/mol. The summed E-state index contributed by atoms with van der Waals surface area (Å²) in [6.07, 6.45) is 0.481. The van der Waals surface area contributed by atoms with E-state index in [-0.39, 0.29) is 11.9 Å². The second kappa shape index (κ2) is 7.30. The molecular weight excluding hydrogens is 361 g/mol. The minimum atomic E-state index is -0.267. The zero-order valence-electron chi connectivity index (χ0n) is 15.8. The van der Waals surface area contributed by atoms with Crippen LogP contribution in [0.2, 0.25) is 0 Å². The second-order valence-electron chi connectivity index (χ2n) is 6.79. The lowest BCUT2D eigenvalue weighted by molar-refractivity contribution is 0.363. The monoisotopic (exact) mass is 381 g/mol. The van der Waals surface area contributed by atoms with Crippen molar-refractivity contribution < 1.29 is 13.3 Å². The fourth-order valence-electron chi connectivity index (χ4n) is 2.81. The van der Waals surface area contributed by atoms with Crippen LogP contribution in [0.3, 0.4) is 0 Å². The van der Waals surface area contributed by atoms with Crippen molar-refractivity contribution >= 4 is 22.8 Å². The number of nitrogens with one attached hydrogen (secondary N) is 1. The molecule has 4 aromatic rings. The zero-order valence-corrected chi connectivity index (χ0v) is 15.8. The summed E-state index contributed by atoms with van der Waals surface area (Å²) in [7, 11) is 3.76. The Labute approximate surface area is 161 Å². The van der Waals surface area contributed by atoms with Crippen molar-refractivity contribution in [3.8, 4) is 0 Å². The predicted molar refractivity (Wildman–Crippen MR) is 104 cm³/mol. The maximum absolute atomic E-state index is 13.0. The highest BCUT2D eigenvalue weighted by atomic mass is 19.1. The average Bonchev–Trinajstić information content (AvgIpc) is 3.30. The van der Waals surface area contributed by atoms with Crippen LogP contribution in [0, 0.1) is 5.82 Å². The Morgan fingerprint density at radius 2 is 1.89 bits per heavy atom. The normalized spacial score (nSPS) is 12.3. The number of aromatic nitrogens is 3. The van der Waals surface area contributed by atoms with Crippen LogP contribution in [0.1, 0.15) is 30.2 Å². The van der Waals surface area contributed by atoms with E-state index in [0.717, 1.165) is 22.4 Å². The van der Waals surface area contributed by atoms with E-state index >= 15 is 0 Å². The Hall–Kier alpha value is -3.42. The van der Waals surface area contributed by atoms with E-state index in [4.69, 9.17) is 8.94 Å². The summed E-state index contributed by atoms with van der Waals surface area (Å²) in [6.45, 7) is 1.94. The molecular formula is C20H20FN5O2. The van der Waals surface area contributed by atoms with Gasteiger partial charge in [-0.3, -0.25) is 0 Å². The zero-order chi connectivity index (χ0) is 19.7. The van der Waals surface area contributed by atoms with E-state index in [0.29, 0.717) is 24.2 Å². The number of oxazole rings is 1.